The lowest BCUT2D eigenvalue weighted by atomic mass is 10.2. The van der Waals surface area contributed by atoms with E-state index in [1.807, 2.05) is 34.6 Å². The molecule has 5 heteroatoms. The fourth-order valence-corrected chi connectivity index (χ4v) is 1.89. The molecule has 0 radical (unpaired) electrons. The molecule has 0 aromatic carbocycles. The van der Waals surface area contributed by atoms with Gasteiger partial charge in [-0.3, -0.25) is 4.90 Å². The lowest BCUT2D eigenvalue weighted by molar-refractivity contribution is -0.0610. The Labute approximate surface area is 108 Å². The van der Waals surface area contributed by atoms with Gasteiger partial charge in [-0.05, 0) is 40.7 Å². The quantitative estimate of drug-likeness (QED) is 0.728. The van der Waals surface area contributed by atoms with Crippen LogP contribution in [-0.2, 0) is 9.47 Å². The van der Waals surface area contributed by atoms with E-state index in [2.05, 4.69) is 0 Å². The van der Waals surface area contributed by atoms with Crippen molar-refractivity contribution in [3.8, 4) is 0 Å². The van der Waals surface area contributed by atoms with Crippen LogP contribution >= 0.6 is 11.6 Å². The van der Waals surface area contributed by atoms with Crippen LogP contribution in [0.5, 0.6) is 0 Å². The third-order valence-electron chi connectivity index (χ3n) is 2.40. The van der Waals surface area contributed by atoms with Crippen LogP contribution in [0.2, 0.25) is 0 Å². The summed E-state index contributed by atoms with van der Waals surface area (Å²) < 4.78 is 10.9. The van der Waals surface area contributed by atoms with Crippen molar-refractivity contribution >= 4 is 17.7 Å². The van der Waals surface area contributed by atoms with Crippen LogP contribution in [0.15, 0.2) is 11.6 Å². The van der Waals surface area contributed by atoms with Gasteiger partial charge in [-0.15, -0.1) is 0 Å². The number of carbonyl (C=O) groups is 1. The SMILES string of the molecule is CC(C)(C)OC(=O)N1[C@H](/C=C\Cl)COC1(C)C. The summed E-state index contributed by atoms with van der Waals surface area (Å²) in [6, 6.07) is -0.183. The average molecular weight is 262 g/mol. The molecule has 1 heterocycles. The Balaban J connectivity index is 2.86. The molecular weight excluding hydrogens is 242 g/mol. The van der Waals surface area contributed by atoms with Gasteiger partial charge >= 0.3 is 6.09 Å². The van der Waals surface area contributed by atoms with Crippen molar-refractivity contribution in [2.24, 2.45) is 0 Å². The van der Waals surface area contributed by atoms with E-state index in [1.54, 1.807) is 11.0 Å². The number of carbonyl (C=O) groups excluding carboxylic acids is 1. The second-order valence-electron chi connectivity index (χ2n) is 5.49. The maximum absolute atomic E-state index is 12.1. The van der Waals surface area contributed by atoms with Crippen molar-refractivity contribution in [1.29, 1.82) is 0 Å². The summed E-state index contributed by atoms with van der Waals surface area (Å²) in [5, 5.41) is 0. The second-order valence-corrected chi connectivity index (χ2v) is 5.75. The van der Waals surface area contributed by atoms with Gasteiger partial charge in [0, 0.05) is 5.54 Å². The highest BCUT2D eigenvalue weighted by Crippen LogP contribution is 2.29. The molecule has 0 spiro atoms. The van der Waals surface area contributed by atoms with Crippen LogP contribution in [0.4, 0.5) is 4.79 Å². The topological polar surface area (TPSA) is 38.8 Å². The molecule has 1 aliphatic heterocycles. The number of nitrogens with zero attached hydrogens (tertiary/aromatic N) is 1. The van der Waals surface area contributed by atoms with Gasteiger partial charge in [0.25, 0.3) is 0 Å². The van der Waals surface area contributed by atoms with Crippen molar-refractivity contribution in [2.45, 2.75) is 52.0 Å². The number of halogens is 1. The van der Waals surface area contributed by atoms with Gasteiger partial charge in [0.15, 0.2) is 0 Å². The molecule has 0 unspecified atom stereocenters. The molecule has 0 aromatic heterocycles. The molecule has 4 nitrogen and oxygen atoms in total. The van der Waals surface area contributed by atoms with E-state index < -0.39 is 11.3 Å². The molecule has 1 saturated heterocycles. The monoisotopic (exact) mass is 261 g/mol. The molecular formula is C12H20ClNO3. The Morgan fingerprint density at radius 1 is 1.53 bits per heavy atom. The average Bonchev–Trinajstić information content (AvgIpc) is 2.39. The van der Waals surface area contributed by atoms with Crippen LogP contribution in [0.25, 0.3) is 0 Å². The van der Waals surface area contributed by atoms with E-state index in [9.17, 15) is 4.79 Å². The van der Waals surface area contributed by atoms with Gasteiger partial charge in [0.2, 0.25) is 0 Å². The van der Waals surface area contributed by atoms with E-state index in [0.717, 1.165) is 0 Å². The summed E-state index contributed by atoms with van der Waals surface area (Å²) in [7, 11) is 0. The first-order chi connectivity index (χ1) is 7.67. The molecule has 98 valence electrons. The Hall–Kier alpha value is -0.740. The zero-order chi connectivity index (χ0) is 13.3. The molecule has 0 aromatic rings. The maximum Gasteiger partial charge on any atom is 0.413 e. The van der Waals surface area contributed by atoms with E-state index in [-0.39, 0.29) is 12.1 Å². The first-order valence-electron chi connectivity index (χ1n) is 5.60. The number of rotatable bonds is 1. The molecule has 17 heavy (non-hydrogen) atoms. The fourth-order valence-electron chi connectivity index (χ4n) is 1.72. The summed E-state index contributed by atoms with van der Waals surface area (Å²) in [5.74, 6) is 0. The second kappa shape index (κ2) is 4.86. The highest BCUT2D eigenvalue weighted by molar-refractivity contribution is 6.25. The molecule has 1 fully saturated rings. The van der Waals surface area contributed by atoms with Crippen LogP contribution in [0.3, 0.4) is 0 Å². The highest BCUT2D eigenvalue weighted by Gasteiger charge is 2.44. The van der Waals surface area contributed by atoms with E-state index in [4.69, 9.17) is 21.1 Å². The summed E-state index contributed by atoms with van der Waals surface area (Å²) >= 11 is 5.56. The Morgan fingerprint density at radius 2 is 2.12 bits per heavy atom. The molecule has 1 amide bonds. The summed E-state index contributed by atoms with van der Waals surface area (Å²) in [6.07, 6.45) is 1.33. The van der Waals surface area contributed by atoms with Crippen molar-refractivity contribution in [3.05, 3.63) is 11.6 Å². The van der Waals surface area contributed by atoms with Crippen LogP contribution in [-0.4, -0.2) is 35.0 Å². The number of ether oxygens (including phenoxy) is 2. The fraction of sp³-hybridized carbons (Fsp3) is 0.750. The Morgan fingerprint density at radius 3 is 2.59 bits per heavy atom. The van der Waals surface area contributed by atoms with E-state index in [1.165, 1.54) is 5.54 Å². The minimum absolute atomic E-state index is 0.183. The van der Waals surface area contributed by atoms with E-state index >= 15 is 0 Å². The highest BCUT2D eigenvalue weighted by atomic mass is 35.5. The molecule has 1 aliphatic rings. The number of hydrogen-bond acceptors (Lipinski definition) is 3. The third-order valence-corrected chi connectivity index (χ3v) is 2.55. The predicted octanol–water partition coefficient (Wildman–Crippen LogP) is 3.11. The third kappa shape index (κ3) is 3.61. The Kier molecular flexibility index (Phi) is 4.10. The first-order valence-corrected chi connectivity index (χ1v) is 6.04. The molecule has 0 N–H and O–H groups in total. The number of amides is 1. The smallest absolute Gasteiger partial charge is 0.413 e. The van der Waals surface area contributed by atoms with Gasteiger partial charge in [0.1, 0.15) is 11.3 Å². The van der Waals surface area contributed by atoms with Gasteiger partial charge in [-0.25, -0.2) is 4.79 Å². The lowest BCUT2D eigenvalue weighted by Crippen LogP contribution is -2.49. The maximum atomic E-state index is 12.1. The first kappa shape index (κ1) is 14.3. The standard InChI is InChI=1S/C12H20ClNO3/c1-11(2,3)17-10(15)14-9(6-7-13)8-16-12(14,4)5/h6-7,9H,8H2,1-5H3/b7-6-/t9-/m1/s1. The van der Waals surface area contributed by atoms with Crippen molar-refractivity contribution in [2.75, 3.05) is 6.61 Å². The zero-order valence-electron chi connectivity index (χ0n) is 11.0. The van der Waals surface area contributed by atoms with Gasteiger partial charge in [0.05, 0.1) is 12.6 Å². The summed E-state index contributed by atoms with van der Waals surface area (Å²) in [5.41, 5.74) is 0.196. The van der Waals surface area contributed by atoms with Crippen molar-refractivity contribution in [3.63, 3.8) is 0 Å². The Bertz CT molecular complexity index is 320. The minimum Gasteiger partial charge on any atom is -0.444 e. The molecule has 0 aliphatic carbocycles. The van der Waals surface area contributed by atoms with Crippen LogP contribution in [0.1, 0.15) is 34.6 Å². The predicted molar refractivity (Wildman–Crippen MR) is 66.9 cm³/mol. The summed E-state index contributed by atoms with van der Waals surface area (Å²) in [4.78, 5) is 13.7. The molecule has 1 atom stereocenters. The van der Waals surface area contributed by atoms with Crippen LogP contribution in [0, 0.1) is 0 Å². The lowest BCUT2D eigenvalue weighted by Gasteiger charge is -2.34. The van der Waals surface area contributed by atoms with Gasteiger partial charge < -0.3 is 9.47 Å². The zero-order valence-corrected chi connectivity index (χ0v) is 11.7. The molecule has 0 bridgehead atoms. The normalized spacial score (nSPS) is 24.4. The van der Waals surface area contributed by atoms with Crippen molar-refractivity contribution < 1.29 is 14.3 Å². The molecule has 0 saturated carbocycles. The van der Waals surface area contributed by atoms with Gasteiger partial charge in [-0.1, -0.05) is 11.6 Å². The van der Waals surface area contributed by atoms with Gasteiger partial charge in [-0.2, -0.15) is 0 Å². The van der Waals surface area contributed by atoms with Crippen molar-refractivity contribution in [1.82, 2.24) is 4.90 Å². The number of hydrogen-bond donors (Lipinski definition) is 0. The van der Waals surface area contributed by atoms with E-state index in [0.29, 0.717) is 6.61 Å². The minimum atomic E-state index is -0.677. The molecule has 1 rings (SSSR count). The largest absolute Gasteiger partial charge is 0.444 e. The van der Waals surface area contributed by atoms with Crippen LogP contribution < -0.4 is 0 Å². The summed E-state index contributed by atoms with van der Waals surface area (Å²) in [6.45, 7) is 9.59.